The summed E-state index contributed by atoms with van der Waals surface area (Å²) in [7, 11) is 1.85. The average molecular weight is 402 g/mol. The fourth-order valence-electron chi connectivity index (χ4n) is 2.50. The van der Waals surface area contributed by atoms with Crippen LogP contribution >= 0.6 is 24.8 Å². The van der Waals surface area contributed by atoms with Crippen molar-refractivity contribution >= 4 is 42.3 Å². The van der Waals surface area contributed by atoms with Crippen LogP contribution in [0.15, 0.2) is 24.3 Å². The van der Waals surface area contributed by atoms with Crippen LogP contribution in [-0.2, 0) is 18.3 Å². The number of aromatic nitrogens is 2. The Kier molecular flexibility index (Phi) is 9.93. The third kappa shape index (κ3) is 5.72. The van der Waals surface area contributed by atoms with Gasteiger partial charge in [-0.25, -0.2) is 0 Å². The van der Waals surface area contributed by atoms with Gasteiger partial charge in [0.25, 0.3) is 5.91 Å². The van der Waals surface area contributed by atoms with E-state index in [0.717, 1.165) is 17.0 Å². The molecule has 0 aliphatic rings. The van der Waals surface area contributed by atoms with Gasteiger partial charge in [0.05, 0.1) is 23.4 Å². The predicted octanol–water partition coefficient (Wildman–Crippen LogP) is 1.75. The van der Waals surface area contributed by atoms with E-state index in [1.807, 2.05) is 20.9 Å². The molecule has 1 heterocycles. The molecule has 144 valence electrons. The van der Waals surface area contributed by atoms with Crippen molar-refractivity contribution in [1.82, 2.24) is 15.1 Å². The van der Waals surface area contributed by atoms with E-state index in [2.05, 4.69) is 15.7 Å². The highest BCUT2D eigenvalue weighted by molar-refractivity contribution is 6.04. The van der Waals surface area contributed by atoms with Gasteiger partial charge in [-0.1, -0.05) is 12.1 Å². The number of aryl methyl sites for hydroxylation is 2. The third-order valence-electron chi connectivity index (χ3n) is 3.87. The molecule has 2 amide bonds. The van der Waals surface area contributed by atoms with E-state index < -0.39 is 0 Å². The number of halogens is 2. The summed E-state index contributed by atoms with van der Waals surface area (Å²) in [5.74, 6) is -0.446. The summed E-state index contributed by atoms with van der Waals surface area (Å²) in [5.41, 5.74) is 8.99. The summed E-state index contributed by atoms with van der Waals surface area (Å²) < 4.78 is 1.76. The summed E-state index contributed by atoms with van der Waals surface area (Å²) in [4.78, 5) is 24.5. The van der Waals surface area contributed by atoms with Gasteiger partial charge in [0.2, 0.25) is 5.91 Å². The molecule has 0 saturated carbocycles. The number of nitrogens with two attached hydrogens (primary N) is 1. The second kappa shape index (κ2) is 10.8. The number of hydrogen-bond donors (Lipinski definition) is 3. The van der Waals surface area contributed by atoms with E-state index in [9.17, 15) is 9.59 Å². The molecule has 0 unspecified atom stereocenters. The van der Waals surface area contributed by atoms with E-state index in [1.165, 1.54) is 0 Å². The van der Waals surface area contributed by atoms with Gasteiger partial charge < -0.3 is 16.4 Å². The third-order valence-corrected chi connectivity index (χ3v) is 3.87. The fraction of sp³-hybridized carbons (Fsp3) is 0.353. The van der Waals surface area contributed by atoms with Crippen molar-refractivity contribution in [2.24, 2.45) is 12.8 Å². The van der Waals surface area contributed by atoms with Crippen LogP contribution in [0.2, 0.25) is 0 Å². The molecule has 9 heteroatoms. The lowest BCUT2D eigenvalue weighted by Gasteiger charge is -2.11. The van der Waals surface area contributed by atoms with E-state index in [4.69, 9.17) is 5.73 Å². The monoisotopic (exact) mass is 401 g/mol. The van der Waals surface area contributed by atoms with E-state index in [0.29, 0.717) is 24.3 Å². The second-order valence-corrected chi connectivity index (χ2v) is 5.59. The van der Waals surface area contributed by atoms with Crippen LogP contribution in [0.25, 0.3) is 0 Å². The van der Waals surface area contributed by atoms with Gasteiger partial charge in [0.1, 0.15) is 0 Å². The average Bonchev–Trinajstić information content (AvgIpc) is 2.79. The number of benzene rings is 1. The minimum atomic E-state index is -0.259. The number of carbonyl (C=O) groups is 2. The SMILES string of the molecule is Cc1nn(C)c(C)c1CC(=O)Nc1ccccc1C(=O)NCCN.Cl.Cl. The Morgan fingerprint density at radius 1 is 1.19 bits per heavy atom. The molecule has 0 atom stereocenters. The van der Waals surface area contributed by atoms with Crippen LogP contribution < -0.4 is 16.4 Å². The molecular formula is C17H25Cl2N5O2. The summed E-state index contributed by atoms with van der Waals surface area (Å²) in [6.45, 7) is 4.55. The van der Waals surface area contributed by atoms with Gasteiger partial charge in [0.15, 0.2) is 0 Å². The zero-order valence-corrected chi connectivity index (χ0v) is 16.7. The van der Waals surface area contributed by atoms with Crippen molar-refractivity contribution in [1.29, 1.82) is 0 Å². The van der Waals surface area contributed by atoms with Crippen molar-refractivity contribution in [3.05, 3.63) is 46.8 Å². The summed E-state index contributed by atoms with van der Waals surface area (Å²) in [6.07, 6.45) is 0.213. The Morgan fingerprint density at radius 3 is 2.42 bits per heavy atom. The number of hydrogen-bond acceptors (Lipinski definition) is 4. The van der Waals surface area contributed by atoms with Gasteiger partial charge in [-0.2, -0.15) is 5.10 Å². The van der Waals surface area contributed by atoms with Crippen LogP contribution in [0.4, 0.5) is 5.69 Å². The van der Waals surface area contributed by atoms with Crippen LogP contribution in [-0.4, -0.2) is 34.7 Å². The molecule has 0 aliphatic heterocycles. The van der Waals surface area contributed by atoms with E-state index >= 15 is 0 Å². The first-order valence-electron chi connectivity index (χ1n) is 7.80. The molecule has 0 fully saturated rings. The first-order valence-corrected chi connectivity index (χ1v) is 7.80. The fourth-order valence-corrected chi connectivity index (χ4v) is 2.50. The molecular weight excluding hydrogens is 377 g/mol. The molecule has 4 N–H and O–H groups in total. The molecule has 0 saturated heterocycles. The standard InChI is InChI=1S/C17H23N5O2.2ClH/c1-11-14(12(2)22(3)21-11)10-16(23)20-15-7-5-4-6-13(15)17(24)19-9-8-18;;/h4-7H,8-10,18H2,1-3H3,(H,19,24)(H,20,23);2*1H. The van der Waals surface area contributed by atoms with Crippen molar-refractivity contribution in [3.8, 4) is 0 Å². The maximum absolute atomic E-state index is 12.4. The Hall–Kier alpha value is -2.09. The summed E-state index contributed by atoms with van der Waals surface area (Å²) in [6, 6.07) is 6.90. The Morgan fingerprint density at radius 2 is 1.85 bits per heavy atom. The number of rotatable bonds is 6. The van der Waals surface area contributed by atoms with Crippen LogP contribution in [0.1, 0.15) is 27.3 Å². The summed E-state index contributed by atoms with van der Waals surface area (Å²) >= 11 is 0. The number of nitrogens with one attached hydrogen (secondary N) is 2. The first-order chi connectivity index (χ1) is 11.4. The Balaban J connectivity index is 0.00000312. The Bertz CT molecular complexity index is 762. The Labute approximate surface area is 165 Å². The minimum Gasteiger partial charge on any atom is -0.351 e. The molecule has 1 aromatic carbocycles. The minimum absolute atomic E-state index is 0. The normalized spacial score (nSPS) is 9.69. The maximum Gasteiger partial charge on any atom is 0.253 e. The highest BCUT2D eigenvalue weighted by atomic mass is 35.5. The van der Waals surface area contributed by atoms with Gasteiger partial charge in [0, 0.05) is 31.4 Å². The zero-order chi connectivity index (χ0) is 17.7. The van der Waals surface area contributed by atoms with Crippen LogP contribution in [0.3, 0.4) is 0 Å². The van der Waals surface area contributed by atoms with Crippen LogP contribution in [0.5, 0.6) is 0 Å². The number of carbonyl (C=O) groups excluding carboxylic acids is 2. The molecule has 2 rings (SSSR count). The number of anilines is 1. The van der Waals surface area contributed by atoms with Crippen LogP contribution in [0, 0.1) is 13.8 Å². The molecule has 0 radical (unpaired) electrons. The molecule has 1 aromatic heterocycles. The highest BCUT2D eigenvalue weighted by Gasteiger charge is 2.16. The van der Waals surface area contributed by atoms with Gasteiger partial charge >= 0.3 is 0 Å². The number of para-hydroxylation sites is 1. The number of nitrogens with zero attached hydrogens (tertiary/aromatic N) is 2. The molecule has 7 nitrogen and oxygen atoms in total. The zero-order valence-electron chi connectivity index (χ0n) is 15.0. The topological polar surface area (TPSA) is 102 Å². The molecule has 0 spiro atoms. The molecule has 0 bridgehead atoms. The molecule has 26 heavy (non-hydrogen) atoms. The van der Waals surface area contributed by atoms with Crippen molar-refractivity contribution in [2.75, 3.05) is 18.4 Å². The molecule has 0 aliphatic carbocycles. The van der Waals surface area contributed by atoms with Crippen molar-refractivity contribution in [3.63, 3.8) is 0 Å². The summed E-state index contributed by atoms with van der Waals surface area (Å²) in [5, 5.41) is 9.83. The lowest BCUT2D eigenvalue weighted by Crippen LogP contribution is -2.30. The predicted molar refractivity (Wildman–Crippen MR) is 107 cm³/mol. The quantitative estimate of drug-likeness (QED) is 0.685. The van der Waals surface area contributed by atoms with Crippen molar-refractivity contribution in [2.45, 2.75) is 20.3 Å². The van der Waals surface area contributed by atoms with E-state index in [1.54, 1.807) is 28.9 Å². The lowest BCUT2D eigenvalue weighted by molar-refractivity contribution is -0.115. The number of amides is 2. The van der Waals surface area contributed by atoms with Crippen molar-refractivity contribution < 1.29 is 9.59 Å². The van der Waals surface area contributed by atoms with Gasteiger partial charge in [-0.3, -0.25) is 14.3 Å². The largest absolute Gasteiger partial charge is 0.351 e. The van der Waals surface area contributed by atoms with Gasteiger partial charge in [-0.05, 0) is 26.0 Å². The maximum atomic E-state index is 12.4. The lowest BCUT2D eigenvalue weighted by atomic mass is 10.1. The van der Waals surface area contributed by atoms with Gasteiger partial charge in [-0.15, -0.1) is 24.8 Å². The second-order valence-electron chi connectivity index (χ2n) is 5.59. The van der Waals surface area contributed by atoms with E-state index in [-0.39, 0.29) is 43.0 Å². The highest BCUT2D eigenvalue weighted by Crippen LogP contribution is 2.17. The first kappa shape index (κ1) is 23.9. The molecule has 2 aromatic rings. The smallest absolute Gasteiger partial charge is 0.253 e.